The second-order valence-corrected chi connectivity index (χ2v) is 4.65. The molecule has 0 spiro atoms. The lowest BCUT2D eigenvalue weighted by molar-refractivity contribution is -0.178. The maximum Gasteiger partial charge on any atom is 0.334 e. The molecule has 1 unspecified atom stereocenters. The maximum atomic E-state index is 11.1. The molecule has 1 aliphatic carbocycles. The average Bonchev–Trinajstić information content (AvgIpc) is 2.29. The van der Waals surface area contributed by atoms with Crippen LogP contribution in [0.4, 0.5) is 0 Å². The molecule has 0 heterocycles. The van der Waals surface area contributed by atoms with Gasteiger partial charge in [0, 0.05) is 6.04 Å². The molecule has 0 bridgehead atoms. The molecule has 7 nitrogen and oxygen atoms in total. The van der Waals surface area contributed by atoms with Gasteiger partial charge in [-0.1, -0.05) is 19.3 Å². The summed E-state index contributed by atoms with van der Waals surface area (Å²) in [4.78, 5) is 33.4. The van der Waals surface area contributed by atoms with Crippen molar-refractivity contribution in [1.82, 2.24) is 0 Å². The highest BCUT2D eigenvalue weighted by Gasteiger charge is 2.60. The molecule has 1 fully saturated rings. The zero-order chi connectivity index (χ0) is 13.9. The molecule has 0 amide bonds. The van der Waals surface area contributed by atoms with Gasteiger partial charge in [0.05, 0.1) is 0 Å². The zero-order valence-corrected chi connectivity index (χ0v) is 9.83. The number of hydrogen-bond donors (Lipinski definition) is 4. The summed E-state index contributed by atoms with van der Waals surface area (Å²) in [5, 5.41) is 27.1. The van der Waals surface area contributed by atoms with Gasteiger partial charge in [0.2, 0.25) is 0 Å². The highest BCUT2D eigenvalue weighted by Crippen LogP contribution is 2.35. The van der Waals surface area contributed by atoms with Gasteiger partial charge < -0.3 is 21.1 Å². The second-order valence-electron chi connectivity index (χ2n) is 4.65. The Morgan fingerprint density at radius 2 is 1.33 bits per heavy atom. The molecule has 1 aliphatic rings. The molecule has 0 aromatic carbocycles. The van der Waals surface area contributed by atoms with E-state index in [1.54, 1.807) is 0 Å². The van der Waals surface area contributed by atoms with Crippen molar-refractivity contribution in [2.75, 3.05) is 0 Å². The minimum Gasteiger partial charge on any atom is -0.480 e. The molecular formula is C11H17NO6. The van der Waals surface area contributed by atoms with E-state index in [1.807, 2.05) is 0 Å². The summed E-state index contributed by atoms with van der Waals surface area (Å²) < 4.78 is 0. The summed E-state index contributed by atoms with van der Waals surface area (Å²) in [6.45, 7) is 0. The van der Waals surface area contributed by atoms with Crippen LogP contribution in [0.3, 0.4) is 0 Å². The third-order valence-electron chi connectivity index (χ3n) is 3.67. The molecule has 1 rings (SSSR count). The van der Waals surface area contributed by atoms with Crippen molar-refractivity contribution in [3.05, 3.63) is 0 Å². The SMILES string of the molecule is NC(C1CCCCC1)C(C(=O)O)(C(=O)O)C(=O)O. The first-order valence-corrected chi connectivity index (χ1v) is 5.81. The quantitative estimate of drug-likeness (QED) is 0.515. The monoisotopic (exact) mass is 259 g/mol. The van der Waals surface area contributed by atoms with Crippen LogP contribution in [0.5, 0.6) is 0 Å². The van der Waals surface area contributed by atoms with E-state index >= 15 is 0 Å². The number of hydrogen-bond acceptors (Lipinski definition) is 4. The molecule has 0 aliphatic heterocycles. The van der Waals surface area contributed by atoms with Crippen molar-refractivity contribution in [3.63, 3.8) is 0 Å². The van der Waals surface area contributed by atoms with E-state index in [-0.39, 0.29) is 5.92 Å². The Labute approximate surface area is 104 Å². The van der Waals surface area contributed by atoms with Gasteiger partial charge in [-0.2, -0.15) is 0 Å². The highest BCUT2D eigenvalue weighted by molar-refractivity contribution is 6.17. The molecule has 1 atom stereocenters. The molecule has 0 aromatic rings. The van der Waals surface area contributed by atoms with E-state index in [1.165, 1.54) is 0 Å². The number of rotatable bonds is 5. The Bertz CT molecular complexity index is 325. The summed E-state index contributed by atoms with van der Waals surface area (Å²) >= 11 is 0. The van der Waals surface area contributed by atoms with Gasteiger partial charge in [-0.05, 0) is 18.8 Å². The first kappa shape index (κ1) is 14.4. The van der Waals surface area contributed by atoms with Gasteiger partial charge in [0.1, 0.15) is 0 Å². The summed E-state index contributed by atoms with van der Waals surface area (Å²) in [5.74, 6) is -6.14. The van der Waals surface area contributed by atoms with Crippen molar-refractivity contribution in [2.24, 2.45) is 17.1 Å². The summed E-state index contributed by atoms with van der Waals surface area (Å²) in [7, 11) is 0. The lowest BCUT2D eigenvalue weighted by Gasteiger charge is -2.34. The van der Waals surface area contributed by atoms with E-state index in [0.29, 0.717) is 12.8 Å². The van der Waals surface area contributed by atoms with Gasteiger partial charge in [0.25, 0.3) is 5.41 Å². The van der Waals surface area contributed by atoms with Crippen molar-refractivity contribution in [3.8, 4) is 0 Å². The van der Waals surface area contributed by atoms with Crippen LogP contribution in [-0.4, -0.2) is 39.3 Å². The van der Waals surface area contributed by atoms with Crippen LogP contribution < -0.4 is 5.73 Å². The molecule has 1 saturated carbocycles. The Morgan fingerprint density at radius 3 is 1.67 bits per heavy atom. The number of carboxylic acids is 3. The number of nitrogens with two attached hydrogens (primary N) is 1. The van der Waals surface area contributed by atoms with Crippen molar-refractivity contribution < 1.29 is 29.7 Å². The standard InChI is InChI=1S/C11H17NO6/c12-7(6-4-2-1-3-5-6)11(8(13)14,9(15)16)10(17)18/h6-7H,1-5,12H2,(H,13,14)(H,15,16)(H,17,18). The number of carbonyl (C=O) groups is 3. The molecule has 0 radical (unpaired) electrons. The van der Waals surface area contributed by atoms with Gasteiger partial charge in [0.15, 0.2) is 0 Å². The van der Waals surface area contributed by atoms with Gasteiger partial charge >= 0.3 is 17.9 Å². The topological polar surface area (TPSA) is 138 Å². The van der Waals surface area contributed by atoms with Crippen LogP contribution in [0.1, 0.15) is 32.1 Å². The van der Waals surface area contributed by atoms with Crippen molar-refractivity contribution >= 4 is 17.9 Å². The lowest BCUT2D eigenvalue weighted by Crippen LogP contribution is -2.61. The van der Waals surface area contributed by atoms with E-state index in [4.69, 9.17) is 21.1 Å². The summed E-state index contributed by atoms with van der Waals surface area (Å²) in [6.07, 6.45) is 3.73. The minimum absolute atomic E-state index is 0.387. The summed E-state index contributed by atoms with van der Waals surface area (Å²) in [6, 6.07) is -1.43. The third kappa shape index (κ3) is 2.17. The third-order valence-corrected chi connectivity index (χ3v) is 3.67. The molecule has 0 aromatic heterocycles. The van der Waals surface area contributed by atoms with E-state index < -0.39 is 29.4 Å². The fourth-order valence-electron chi connectivity index (χ4n) is 2.55. The van der Waals surface area contributed by atoms with Crippen LogP contribution in [0.2, 0.25) is 0 Å². The first-order chi connectivity index (χ1) is 8.35. The number of carboxylic acid groups (broad SMARTS) is 3. The largest absolute Gasteiger partial charge is 0.480 e. The Balaban J connectivity index is 3.12. The molecular weight excluding hydrogens is 242 g/mol. The van der Waals surface area contributed by atoms with Crippen LogP contribution in [-0.2, 0) is 14.4 Å². The van der Waals surface area contributed by atoms with Crippen LogP contribution in [0.25, 0.3) is 0 Å². The summed E-state index contributed by atoms with van der Waals surface area (Å²) in [5.41, 5.74) is 2.73. The first-order valence-electron chi connectivity index (χ1n) is 5.81. The van der Waals surface area contributed by atoms with Crippen LogP contribution in [0, 0.1) is 11.3 Å². The second kappa shape index (κ2) is 5.34. The maximum absolute atomic E-state index is 11.1. The van der Waals surface area contributed by atoms with Gasteiger partial charge in [-0.15, -0.1) is 0 Å². The molecule has 5 N–H and O–H groups in total. The minimum atomic E-state index is -2.96. The predicted molar refractivity (Wildman–Crippen MR) is 59.9 cm³/mol. The Hall–Kier alpha value is -1.63. The molecule has 102 valence electrons. The zero-order valence-electron chi connectivity index (χ0n) is 9.83. The average molecular weight is 259 g/mol. The lowest BCUT2D eigenvalue weighted by atomic mass is 9.70. The number of aliphatic carboxylic acids is 3. The van der Waals surface area contributed by atoms with Gasteiger partial charge in [-0.3, -0.25) is 14.4 Å². The fourth-order valence-corrected chi connectivity index (χ4v) is 2.55. The molecule has 18 heavy (non-hydrogen) atoms. The Morgan fingerprint density at radius 1 is 0.944 bits per heavy atom. The van der Waals surface area contributed by atoms with E-state index in [0.717, 1.165) is 19.3 Å². The van der Waals surface area contributed by atoms with Gasteiger partial charge in [-0.25, -0.2) is 0 Å². The van der Waals surface area contributed by atoms with E-state index in [9.17, 15) is 14.4 Å². The van der Waals surface area contributed by atoms with Crippen molar-refractivity contribution in [1.29, 1.82) is 0 Å². The van der Waals surface area contributed by atoms with E-state index in [2.05, 4.69) is 0 Å². The van der Waals surface area contributed by atoms with Crippen molar-refractivity contribution in [2.45, 2.75) is 38.1 Å². The smallest absolute Gasteiger partial charge is 0.334 e. The molecule has 0 saturated heterocycles. The Kier molecular flexibility index (Phi) is 4.28. The van der Waals surface area contributed by atoms with Crippen LogP contribution >= 0.6 is 0 Å². The normalized spacial score (nSPS) is 19.2. The predicted octanol–water partition coefficient (Wildman–Crippen LogP) is 0.134. The van der Waals surface area contributed by atoms with Crippen LogP contribution in [0.15, 0.2) is 0 Å². The molecule has 7 heteroatoms. The highest BCUT2D eigenvalue weighted by atomic mass is 16.4. The fraction of sp³-hybridized carbons (Fsp3) is 0.727.